The minimum absolute atomic E-state index is 0.119. The van der Waals surface area contributed by atoms with Crippen molar-refractivity contribution in [1.29, 1.82) is 0 Å². The number of thiol groups is 1. The molecule has 72 valence electrons. The third kappa shape index (κ3) is 2.31. The second-order valence-corrected chi connectivity index (χ2v) is 5.02. The summed E-state index contributed by atoms with van der Waals surface area (Å²) in [6, 6.07) is 7.12. The number of hydrogen-bond acceptors (Lipinski definition) is 2. The standard InChI is InChI=1S/C10H14O2S/c1-10(2,3)8-6-4-5-7-9(8)13(11)12/h4-7,13H,1-3H3. The van der Waals surface area contributed by atoms with Gasteiger partial charge in [0.05, 0.1) is 4.90 Å². The molecule has 0 N–H and O–H groups in total. The van der Waals surface area contributed by atoms with Gasteiger partial charge in [0, 0.05) is 0 Å². The van der Waals surface area contributed by atoms with E-state index >= 15 is 0 Å². The molecule has 1 aromatic carbocycles. The molecule has 0 bridgehead atoms. The van der Waals surface area contributed by atoms with Gasteiger partial charge >= 0.3 is 0 Å². The summed E-state index contributed by atoms with van der Waals surface area (Å²) in [6.45, 7) is 6.01. The Morgan fingerprint density at radius 3 is 2.00 bits per heavy atom. The molecule has 13 heavy (non-hydrogen) atoms. The van der Waals surface area contributed by atoms with E-state index in [2.05, 4.69) is 0 Å². The molecule has 0 aliphatic heterocycles. The van der Waals surface area contributed by atoms with Crippen LogP contribution < -0.4 is 0 Å². The monoisotopic (exact) mass is 198 g/mol. The molecule has 2 nitrogen and oxygen atoms in total. The molecule has 3 heteroatoms. The SMILES string of the molecule is CC(C)(C)c1ccccc1[SH](=O)=O. The van der Waals surface area contributed by atoms with Crippen molar-refractivity contribution in [3.8, 4) is 0 Å². The van der Waals surface area contributed by atoms with Crippen molar-refractivity contribution in [2.75, 3.05) is 0 Å². The largest absolute Gasteiger partial charge is 0.227 e. The van der Waals surface area contributed by atoms with Crippen molar-refractivity contribution in [2.45, 2.75) is 31.1 Å². The fourth-order valence-corrected chi connectivity index (χ4v) is 2.08. The maximum absolute atomic E-state index is 10.9. The molecular formula is C10H14O2S. The molecule has 0 saturated heterocycles. The van der Waals surface area contributed by atoms with E-state index in [4.69, 9.17) is 0 Å². The molecule has 0 unspecified atom stereocenters. The summed E-state index contributed by atoms with van der Waals surface area (Å²) in [5.74, 6) is 0. The highest BCUT2D eigenvalue weighted by molar-refractivity contribution is 7.72. The van der Waals surface area contributed by atoms with E-state index in [0.717, 1.165) is 5.56 Å². The molecule has 0 heterocycles. The fraction of sp³-hybridized carbons (Fsp3) is 0.400. The Morgan fingerprint density at radius 2 is 1.62 bits per heavy atom. The molecule has 0 radical (unpaired) electrons. The minimum atomic E-state index is -2.48. The molecule has 0 atom stereocenters. The highest BCUT2D eigenvalue weighted by Gasteiger charge is 2.18. The summed E-state index contributed by atoms with van der Waals surface area (Å²) < 4.78 is 21.8. The first-order valence-corrected chi connectivity index (χ1v) is 5.34. The van der Waals surface area contributed by atoms with Crippen LogP contribution in [0.25, 0.3) is 0 Å². The van der Waals surface area contributed by atoms with Crippen LogP contribution in [0.1, 0.15) is 26.3 Å². The summed E-state index contributed by atoms with van der Waals surface area (Å²) in [4.78, 5) is 0.435. The smallest absolute Gasteiger partial charge is 0.168 e. The first kappa shape index (κ1) is 10.3. The summed E-state index contributed by atoms with van der Waals surface area (Å²) >= 11 is 0. The predicted molar refractivity (Wildman–Crippen MR) is 53.7 cm³/mol. The molecule has 0 spiro atoms. The van der Waals surface area contributed by atoms with Gasteiger partial charge in [0.15, 0.2) is 10.7 Å². The predicted octanol–water partition coefficient (Wildman–Crippen LogP) is 1.95. The van der Waals surface area contributed by atoms with E-state index in [-0.39, 0.29) is 5.41 Å². The second-order valence-electron chi connectivity index (χ2n) is 4.02. The van der Waals surface area contributed by atoms with Crippen LogP contribution in [-0.2, 0) is 16.1 Å². The summed E-state index contributed by atoms with van der Waals surface area (Å²) in [7, 11) is -2.48. The maximum Gasteiger partial charge on any atom is 0.168 e. The van der Waals surface area contributed by atoms with Crippen molar-refractivity contribution >= 4 is 10.7 Å². The molecule has 0 amide bonds. The van der Waals surface area contributed by atoms with Gasteiger partial charge in [-0.2, -0.15) is 0 Å². The molecule has 0 saturated carbocycles. The van der Waals surface area contributed by atoms with Gasteiger partial charge in [-0.25, -0.2) is 8.42 Å². The Balaban J connectivity index is 3.37. The van der Waals surface area contributed by atoms with Gasteiger partial charge in [0.1, 0.15) is 0 Å². The number of rotatable bonds is 1. The quantitative estimate of drug-likeness (QED) is 0.700. The highest BCUT2D eigenvalue weighted by atomic mass is 32.2. The highest BCUT2D eigenvalue weighted by Crippen LogP contribution is 2.26. The van der Waals surface area contributed by atoms with Gasteiger partial charge in [-0.15, -0.1) is 0 Å². The molecule has 0 aliphatic carbocycles. The number of hydrogen-bond donors (Lipinski definition) is 1. The zero-order valence-corrected chi connectivity index (χ0v) is 8.97. The van der Waals surface area contributed by atoms with E-state index in [1.54, 1.807) is 12.1 Å². The van der Waals surface area contributed by atoms with Crippen LogP contribution in [0.5, 0.6) is 0 Å². The van der Waals surface area contributed by atoms with Crippen LogP contribution in [0.15, 0.2) is 29.2 Å². The maximum atomic E-state index is 10.9. The Bertz CT molecular complexity index is 365. The van der Waals surface area contributed by atoms with E-state index in [1.807, 2.05) is 32.9 Å². The Hall–Kier alpha value is -0.830. The fourth-order valence-electron chi connectivity index (χ4n) is 1.27. The van der Waals surface area contributed by atoms with Crippen LogP contribution in [0.2, 0.25) is 0 Å². The zero-order chi connectivity index (χ0) is 10.1. The molecule has 0 aromatic heterocycles. The first-order valence-electron chi connectivity index (χ1n) is 4.17. The van der Waals surface area contributed by atoms with Gasteiger partial charge in [-0.3, -0.25) is 0 Å². The first-order chi connectivity index (χ1) is 5.93. The summed E-state index contributed by atoms with van der Waals surface area (Å²) in [6.07, 6.45) is 0. The van der Waals surface area contributed by atoms with Crippen LogP contribution >= 0.6 is 0 Å². The topological polar surface area (TPSA) is 34.1 Å². The molecule has 0 fully saturated rings. The van der Waals surface area contributed by atoms with Crippen molar-refractivity contribution in [1.82, 2.24) is 0 Å². The van der Waals surface area contributed by atoms with Crippen LogP contribution in [0, 0.1) is 0 Å². The third-order valence-corrected chi connectivity index (χ3v) is 2.69. The lowest BCUT2D eigenvalue weighted by atomic mass is 9.87. The van der Waals surface area contributed by atoms with Crippen LogP contribution in [0.3, 0.4) is 0 Å². The Labute approximate surface area is 80.5 Å². The van der Waals surface area contributed by atoms with E-state index in [9.17, 15) is 8.42 Å². The Morgan fingerprint density at radius 1 is 1.08 bits per heavy atom. The van der Waals surface area contributed by atoms with Crippen LogP contribution in [-0.4, -0.2) is 8.42 Å². The van der Waals surface area contributed by atoms with Crippen molar-refractivity contribution in [3.63, 3.8) is 0 Å². The summed E-state index contributed by atoms with van der Waals surface area (Å²) in [5, 5.41) is 0. The lowest BCUT2D eigenvalue weighted by molar-refractivity contribution is 0.568. The van der Waals surface area contributed by atoms with Gasteiger partial charge in [0.25, 0.3) is 0 Å². The van der Waals surface area contributed by atoms with Crippen molar-refractivity contribution in [3.05, 3.63) is 29.8 Å². The Kier molecular flexibility index (Phi) is 2.76. The molecule has 1 rings (SSSR count). The van der Waals surface area contributed by atoms with Gasteiger partial charge < -0.3 is 0 Å². The lowest BCUT2D eigenvalue weighted by Crippen LogP contribution is -2.13. The van der Waals surface area contributed by atoms with E-state index < -0.39 is 10.7 Å². The zero-order valence-electron chi connectivity index (χ0n) is 8.07. The molecule has 0 aliphatic rings. The number of benzene rings is 1. The van der Waals surface area contributed by atoms with Gasteiger partial charge in [0.2, 0.25) is 0 Å². The molecule has 1 aromatic rings. The normalized spacial score (nSPS) is 12.0. The minimum Gasteiger partial charge on any atom is -0.227 e. The average Bonchev–Trinajstić information content (AvgIpc) is 2.03. The van der Waals surface area contributed by atoms with Crippen LogP contribution in [0.4, 0.5) is 0 Å². The van der Waals surface area contributed by atoms with E-state index in [0.29, 0.717) is 4.90 Å². The van der Waals surface area contributed by atoms with Gasteiger partial charge in [-0.05, 0) is 17.0 Å². The van der Waals surface area contributed by atoms with Crippen molar-refractivity contribution < 1.29 is 8.42 Å². The third-order valence-electron chi connectivity index (χ3n) is 1.91. The average molecular weight is 198 g/mol. The van der Waals surface area contributed by atoms with E-state index in [1.165, 1.54) is 0 Å². The van der Waals surface area contributed by atoms with Crippen molar-refractivity contribution in [2.24, 2.45) is 0 Å². The molecular weight excluding hydrogens is 184 g/mol. The second kappa shape index (κ2) is 3.50. The van der Waals surface area contributed by atoms with Gasteiger partial charge in [-0.1, -0.05) is 39.0 Å². The lowest BCUT2D eigenvalue weighted by Gasteiger charge is -2.20. The summed E-state index contributed by atoms with van der Waals surface area (Å²) in [5.41, 5.74) is 0.762.